The van der Waals surface area contributed by atoms with E-state index in [1.165, 1.54) is 0 Å². The molecule has 0 amide bonds. The second-order valence-electron chi connectivity index (χ2n) is 5.85. The molecule has 21 heavy (non-hydrogen) atoms. The van der Waals surface area contributed by atoms with Gasteiger partial charge in [0.05, 0.1) is 13.2 Å². The van der Waals surface area contributed by atoms with Crippen LogP contribution in [0.15, 0.2) is 12.1 Å². The summed E-state index contributed by atoms with van der Waals surface area (Å²) in [5, 5.41) is 3.54. The zero-order valence-electron chi connectivity index (χ0n) is 13.8. The quantitative estimate of drug-likeness (QED) is 0.868. The van der Waals surface area contributed by atoms with Crippen molar-refractivity contribution in [3.63, 3.8) is 0 Å². The van der Waals surface area contributed by atoms with Gasteiger partial charge < -0.3 is 19.5 Å². The Morgan fingerprint density at radius 1 is 1.19 bits per heavy atom. The van der Waals surface area contributed by atoms with Crippen molar-refractivity contribution in [2.45, 2.75) is 52.7 Å². The second-order valence-corrected chi connectivity index (χ2v) is 5.85. The summed E-state index contributed by atoms with van der Waals surface area (Å²) in [5.74, 6) is 2.31. The average Bonchev–Trinajstić information content (AvgIpc) is 2.41. The highest BCUT2D eigenvalue weighted by atomic mass is 16.5. The van der Waals surface area contributed by atoms with E-state index in [2.05, 4.69) is 32.2 Å². The minimum atomic E-state index is -0.226. The highest BCUT2D eigenvalue weighted by Gasteiger charge is 2.36. The van der Waals surface area contributed by atoms with Crippen molar-refractivity contribution in [3.05, 3.63) is 17.7 Å². The average molecular weight is 293 g/mol. The van der Waals surface area contributed by atoms with Crippen LogP contribution in [0, 0.1) is 0 Å². The molecule has 0 saturated carbocycles. The summed E-state index contributed by atoms with van der Waals surface area (Å²) in [5.41, 5.74) is 0.930. The summed E-state index contributed by atoms with van der Waals surface area (Å²) in [7, 11) is 0. The maximum atomic E-state index is 6.22. The fraction of sp³-hybridized carbons (Fsp3) is 0.647. The Hall–Kier alpha value is -1.42. The SMILES string of the molecule is CCNC1CC(C)(C)Oc2c1ccc(OCC)c2OCC. The number of hydrogen-bond donors (Lipinski definition) is 1. The molecule has 0 bridgehead atoms. The Bertz CT molecular complexity index is 485. The van der Waals surface area contributed by atoms with Gasteiger partial charge in [0.2, 0.25) is 5.75 Å². The molecule has 4 nitrogen and oxygen atoms in total. The van der Waals surface area contributed by atoms with Gasteiger partial charge in [0.25, 0.3) is 0 Å². The molecule has 1 aliphatic heterocycles. The molecular formula is C17H27NO3. The van der Waals surface area contributed by atoms with Crippen LogP contribution in [0.25, 0.3) is 0 Å². The third-order valence-corrected chi connectivity index (χ3v) is 3.59. The van der Waals surface area contributed by atoms with Gasteiger partial charge in [-0.3, -0.25) is 0 Å². The third-order valence-electron chi connectivity index (χ3n) is 3.59. The number of rotatable bonds is 6. The summed E-state index contributed by atoms with van der Waals surface area (Å²) < 4.78 is 17.7. The standard InChI is InChI=1S/C17H27NO3/c1-6-18-13-11-17(4,5)21-15-12(13)9-10-14(19-7-2)16(15)20-8-3/h9-10,13,18H,6-8,11H2,1-5H3. The molecule has 2 rings (SSSR count). The lowest BCUT2D eigenvalue weighted by Crippen LogP contribution is -2.39. The summed E-state index contributed by atoms with van der Waals surface area (Å²) in [6.45, 7) is 12.4. The Balaban J connectivity index is 2.50. The predicted octanol–water partition coefficient (Wildman–Crippen LogP) is 3.70. The minimum absolute atomic E-state index is 0.226. The normalized spacial score (nSPS) is 19.6. The Morgan fingerprint density at radius 2 is 1.90 bits per heavy atom. The molecule has 1 aromatic carbocycles. The van der Waals surface area contributed by atoms with Crippen molar-refractivity contribution in [1.82, 2.24) is 5.32 Å². The van der Waals surface area contributed by atoms with Gasteiger partial charge in [0.1, 0.15) is 5.60 Å². The van der Waals surface area contributed by atoms with Gasteiger partial charge in [-0.05, 0) is 46.4 Å². The first-order valence-corrected chi connectivity index (χ1v) is 7.87. The van der Waals surface area contributed by atoms with Crippen molar-refractivity contribution in [1.29, 1.82) is 0 Å². The zero-order chi connectivity index (χ0) is 15.5. The van der Waals surface area contributed by atoms with Crippen molar-refractivity contribution >= 4 is 0 Å². The summed E-state index contributed by atoms with van der Waals surface area (Å²) in [6, 6.07) is 4.36. The molecule has 1 aromatic rings. The molecule has 0 aliphatic carbocycles. The first kappa shape index (κ1) is 16.0. The maximum Gasteiger partial charge on any atom is 0.203 e. The van der Waals surface area contributed by atoms with Crippen LogP contribution in [-0.2, 0) is 0 Å². The fourth-order valence-electron chi connectivity index (χ4n) is 2.84. The van der Waals surface area contributed by atoms with Crippen LogP contribution in [0.1, 0.15) is 52.6 Å². The first-order valence-electron chi connectivity index (χ1n) is 7.87. The van der Waals surface area contributed by atoms with Crippen molar-refractivity contribution in [3.8, 4) is 17.2 Å². The highest BCUT2D eigenvalue weighted by Crippen LogP contribution is 2.49. The van der Waals surface area contributed by atoms with Crippen LogP contribution in [0.4, 0.5) is 0 Å². The van der Waals surface area contributed by atoms with E-state index in [4.69, 9.17) is 14.2 Å². The lowest BCUT2D eigenvalue weighted by atomic mass is 9.89. The molecular weight excluding hydrogens is 266 g/mol. The van der Waals surface area contributed by atoms with E-state index < -0.39 is 0 Å². The number of ether oxygens (including phenoxy) is 3. The number of fused-ring (bicyclic) bond motifs is 1. The van der Waals surface area contributed by atoms with Gasteiger partial charge in [-0.15, -0.1) is 0 Å². The lowest BCUT2D eigenvalue weighted by Gasteiger charge is -2.38. The Labute approximate surface area is 127 Å². The second kappa shape index (κ2) is 6.56. The van der Waals surface area contributed by atoms with Gasteiger partial charge in [-0.1, -0.05) is 6.92 Å². The minimum Gasteiger partial charge on any atom is -0.490 e. The van der Waals surface area contributed by atoms with Gasteiger partial charge >= 0.3 is 0 Å². The lowest BCUT2D eigenvalue weighted by molar-refractivity contribution is 0.0610. The molecule has 0 saturated heterocycles. The van der Waals surface area contributed by atoms with Crippen LogP contribution in [0.2, 0.25) is 0 Å². The van der Waals surface area contributed by atoms with Crippen LogP contribution >= 0.6 is 0 Å². The van der Waals surface area contributed by atoms with Crippen LogP contribution < -0.4 is 19.5 Å². The summed E-state index contributed by atoms with van der Waals surface area (Å²) in [4.78, 5) is 0. The summed E-state index contributed by atoms with van der Waals surface area (Å²) in [6.07, 6.45) is 0.938. The largest absolute Gasteiger partial charge is 0.490 e. The van der Waals surface area contributed by atoms with E-state index in [9.17, 15) is 0 Å². The number of benzene rings is 1. The van der Waals surface area contributed by atoms with Gasteiger partial charge in [0, 0.05) is 18.0 Å². The Kier molecular flexibility index (Phi) is 4.99. The molecule has 0 aromatic heterocycles. The molecule has 4 heteroatoms. The van der Waals surface area contributed by atoms with Gasteiger partial charge in [-0.25, -0.2) is 0 Å². The van der Waals surface area contributed by atoms with Crippen molar-refractivity contribution in [2.24, 2.45) is 0 Å². The molecule has 1 atom stereocenters. The van der Waals surface area contributed by atoms with Gasteiger partial charge in [0.15, 0.2) is 11.5 Å². The molecule has 1 heterocycles. The van der Waals surface area contributed by atoms with Crippen LogP contribution in [0.3, 0.4) is 0 Å². The first-order chi connectivity index (χ1) is 10.0. The Morgan fingerprint density at radius 3 is 2.52 bits per heavy atom. The maximum absolute atomic E-state index is 6.22. The molecule has 1 unspecified atom stereocenters. The van der Waals surface area contributed by atoms with E-state index in [0.717, 1.165) is 35.8 Å². The van der Waals surface area contributed by atoms with Crippen molar-refractivity contribution in [2.75, 3.05) is 19.8 Å². The number of hydrogen-bond acceptors (Lipinski definition) is 4. The predicted molar refractivity (Wildman–Crippen MR) is 84.5 cm³/mol. The summed E-state index contributed by atoms with van der Waals surface area (Å²) >= 11 is 0. The smallest absolute Gasteiger partial charge is 0.203 e. The van der Waals surface area contributed by atoms with Crippen LogP contribution in [0.5, 0.6) is 17.2 Å². The monoisotopic (exact) mass is 293 g/mol. The van der Waals surface area contributed by atoms with E-state index >= 15 is 0 Å². The van der Waals surface area contributed by atoms with E-state index in [-0.39, 0.29) is 11.6 Å². The third kappa shape index (κ3) is 3.43. The molecule has 0 spiro atoms. The highest BCUT2D eigenvalue weighted by molar-refractivity contribution is 5.58. The molecule has 1 aliphatic rings. The van der Waals surface area contributed by atoms with E-state index in [1.807, 2.05) is 19.9 Å². The molecule has 0 fully saturated rings. The molecule has 118 valence electrons. The zero-order valence-corrected chi connectivity index (χ0v) is 13.8. The molecule has 1 N–H and O–H groups in total. The van der Waals surface area contributed by atoms with Crippen LogP contribution in [-0.4, -0.2) is 25.4 Å². The molecule has 0 radical (unpaired) electrons. The fourth-order valence-corrected chi connectivity index (χ4v) is 2.84. The number of nitrogens with one attached hydrogen (secondary N) is 1. The van der Waals surface area contributed by atoms with E-state index in [0.29, 0.717) is 13.2 Å². The van der Waals surface area contributed by atoms with Gasteiger partial charge in [-0.2, -0.15) is 0 Å². The van der Waals surface area contributed by atoms with Crippen molar-refractivity contribution < 1.29 is 14.2 Å². The topological polar surface area (TPSA) is 39.7 Å². The van der Waals surface area contributed by atoms with E-state index in [1.54, 1.807) is 0 Å².